The third-order valence-corrected chi connectivity index (χ3v) is 2.88. The molecule has 0 saturated carbocycles. The molecule has 2 nitrogen and oxygen atoms in total. The maximum atomic E-state index is 4.37. The van der Waals surface area contributed by atoms with E-state index in [2.05, 4.69) is 23.8 Å². The van der Waals surface area contributed by atoms with Crippen LogP contribution in [0.5, 0.6) is 0 Å². The summed E-state index contributed by atoms with van der Waals surface area (Å²) in [5.41, 5.74) is 1.16. The second-order valence-corrected chi connectivity index (χ2v) is 4.28. The van der Waals surface area contributed by atoms with Crippen LogP contribution in [0, 0.1) is 13.8 Å². The summed E-state index contributed by atoms with van der Waals surface area (Å²) in [6.45, 7) is 9.72. The lowest BCUT2D eigenvalue weighted by molar-refractivity contribution is 0.699. The van der Waals surface area contributed by atoms with Gasteiger partial charge in [-0.3, -0.25) is 0 Å². The Morgan fingerprint density at radius 1 is 1.54 bits per heavy atom. The van der Waals surface area contributed by atoms with Crippen LogP contribution in [0.1, 0.15) is 22.0 Å². The molecule has 1 rings (SSSR count). The predicted octanol–water partition coefficient (Wildman–Crippen LogP) is 2.43. The summed E-state index contributed by atoms with van der Waals surface area (Å²) in [6, 6.07) is 0. The molecule has 0 unspecified atom stereocenters. The van der Waals surface area contributed by atoms with Gasteiger partial charge in [-0.15, -0.1) is 17.9 Å². The predicted molar refractivity (Wildman–Crippen MR) is 58.1 cm³/mol. The van der Waals surface area contributed by atoms with E-state index in [0.717, 1.165) is 30.2 Å². The first-order chi connectivity index (χ1) is 6.24. The third-order valence-electron chi connectivity index (χ3n) is 1.81. The minimum Gasteiger partial charge on any atom is -0.311 e. The minimum atomic E-state index is 0.936. The van der Waals surface area contributed by atoms with E-state index >= 15 is 0 Å². The van der Waals surface area contributed by atoms with E-state index in [1.54, 1.807) is 11.3 Å². The Hall–Kier alpha value is -0.670. The Morgan fingerprint density at radius 3 is 2.85 bits per heavy atom. The van der Waals surface area contributed by atoms with Gasteiger partial charge in [-0.05, 0) is 26.8 Å². The van der Waals surface area contributed by atoms with Crippen molar-refractivity contribution in [2.24, 2.45) is 0 Å². The molecule has 0 radical (unpaired) electrons. The van der Waals surface area contributed by atoms with Crippen molar-refractivity contribution in [1.29, 1.82) is 0 Å². The van der Waals surface area contributed by atoms with Gasteiger partial charge in [0.15, 0.2) is 0 Å². The summed E-state index contributed by atoms with van der Waals surface area (Å²) >= 11 is 1.77. The maximum absolute atomic E-state index is 4.37. The number of nitrogens with one attached hydrogen (secondary N) is 1. The Morgan fingerprint density at radius 2 is 2.31 bits per heavy atom. The van der Waals surface area contributed by atoms with Crippen LogP contribution < -0.4 is 5.32 Å². The molecule has 3 heteroatoms. The van der Waals surface area contributed by atoms with Gasteiger partial charge >= 0.3 is 0 Å². The molecule has 0 aliphatic carbocycles. The summed E-state index contributed by atoms with van der Waals surface area (Å²) in [7, 11) is 0. The molecule has 0 aliphatic heterocycles. The summed E-state index contributed by atoms with van der Waals surface area (Å²) in [5.74, 6) is 0. The van der Waals surface area contributed by atoms with Crippen LogP contribution in [0.15, 0.2) is 12.7 Å². The largest absolute Gasteiger partial charge is 0.311 e. The third kappa shape index (κ3) is 3.28. The van der Waals surface area contributed by atoms with Crippen molar-refractivity contribution < 1.29 is 0 Å². The normalized spacial score (nSPS) is 10.3. The molecule has 1 heterocycles. The number of hydrogen-bond donors (Lipinski definition) is 1. The fraction of sp³-hybridized carbons (Fsp3) is 0.500. The second-order valence-electron chi connectivity index (χ2n) is 3.00. The Balaban J connectivity index is 2.36. The van der Waals surface area contributed by atoms with Gasteiger partial charge in [0.25, 0.3) is 0 Å². The molecule has 0 bridgehead atoms. The number of nitrogens with zero attached hydrogens (tertiary/aromatic N) is 1. The standard InChI is InChI=1S/C10H16N2S/c1-4-5-6-11-7-10-8(2)12-9(3)13-10/h4,11H,1,5-7H2,2-3H3. The minimum absolute atomic E-state index is 0.936. The van der Waals surface area contributed by atoms with Gasteiger partial charge < -0.3 is 5.32 Å². The highest BCUT2D eigenvalue weighted by atomic mass is 32.1. The molecule has 1 aromatic heterocycles. The SMILES string of the molecule is C=CCCNCc1sc(C)nc1C. The first kappa shape index (κ1) is 10.4. The van der Waals surface area contributed by atoms with Gasteiger partial charge in [0.2, 0.25) is 0 Å². The molecular formula is C10H16N2S. The first-order valence-corrected chi connectivity index (χ1v) is 5.30. The highest BCUT2D eigenvalue weighted by Gasteiger charge is 2.02. The van der Waals surface area contributed by atoms with Gasteiger partial charge in [0.05, 0.1) is 10.7 Å². The molecule has 0 saturated heterocycles. The van der Waals surface area contributed by atoms with E-state index in [1.165, 1.54) is 4.88 Å². The van der Waals surface area contributed by atoms with E-state index < -0.39 is 0 Å². The molecule has 0 fully saturated rings. The van der Waals surface area contributed by atoms with Crippen LogP contribution >= 0.6 is 11.3 Å². The molecule has 13 heavy (non-hydrogen) atoms. The van der Waals surface area contributed by atoms with Gasteiger partial charge in [0, 0.05) is 11.4 Å². The molecular weight excluding hydrogens is 180 g/mol. The van der Waals surface area contributed by atoms with Gasteiger partial charge in [-0.25, -0.2) is 4.98 Å². The lowest BCUT2D eigenvalue weighted by atomic mass is 10.3. The topological polar surface area (TPSA) is 24.9 Å². The fourth-order valence-electron chi connectivity index (χ4n) is 1.14. The first-order valence-electron chi connectivity index (χ1n) is 4.48. The van der Waals surface area contributed by atoms with Crippen molar-refractivity contribution in [3.05, 3.63) is 28.2 Å². The van der Waals surface area contributed by atoms with Crippen LogP contribution in [0.3, 0.4) is 0 Å². The van der Waals surface area contributed by atoms with Gasteiger partial charge in [-0.1, -0.05) is 6.08 Å². The van der Waals surface area contributed by atoms with Gasteiger partial charge in [-0.2, -0.15) is 0 Å². The zero-order chi connectivity index (χ0) is 9.68. The van der Waals surface area contributed by atoms with Crippen molar-refractivity contribution in [3.8, 4) is 0 Å². The van der Waals surface area contributed by atoms with Crippen molar-refractivity contribution in [1.82, 2.24) is 10.3 Å². The summed E-state index contributed by atoms with van der Waals surface area (Å²) in [5, 5.41) is 4.51. The smallest absolute Gasteiger partial charge is 0.0900 e. The van der Waals surface area contributed by atoms with E-state index in [1.807, 2.05) is 13.0 Å². The molecule has 1 aromatic rings. The summed E-state index contributed by atoms with van der Waals surface area (Å²) < 4.78 is 0. The van der Waals surface area contributed by atoms with Crippen LogP contribution in [0.4, 0.5) is 0 Å². The zero-order valence-electron chi connectivity index (χ0n) is 8.26. The maximum Gasteiger partial charge on any atom is 0.0900 e. The number of aromatic nitrogens is 1. The molecule has 0 aromatic carbocycles. The molecule has 0 aliphatic rings. The number of hydrogen-bond acceptors (Lipinski definition) is 3. The number of rotatable bonds is 5. The van der Waals surface area contributed by atoms with Crippen molar-refractivity contribution in [3.63, 3.8) is 0 Å². The van der Waals surface area contributed by atoms with E-state index in [0.29, 0.717) is 0 Å². The van der Waals surface area contributed by atoms with Crippen LogP contribution in [0.25, 0.3) is 0 Å². The molecule has 0 spiro atoms. The van der Waals surface area contributed by atoms with Crippen LogP contribution in [-0.2, 0) is 6.54 Å². The van der Waals surface area contributed by atoms with Crippen LogP contribution in [0.2, 0.25) is 0 Å². The average molecular weight is 196 g/mol. The van der Waals surface area contributed by atoms with E-state index in [4.69, 9.17) is 0 Å². The highest BCUT2D eigenvalue weighted by Crippen LogP contribution is 2.16. The molecule has 0 atom stereocenters. The summed E-state index contributed by atoms with van der Waals surface area (Å²) in [6.07, 6.45) is 2.95. The van der Waals surface area contributed by atoms with Crippen molar-refractivity contribution >= 4 is 11.3 Å². The Labute approximate surface area is 83.7 Å². The molecule has 0 amide bonds. The molecule has 72 valence electrons. The highest BCUT2D eigenvalue weighted by molar-refractivity contribution is 7.11. The average Bonchev–Trinajstić information content (AvgIpc) is 2.39. The summed E-state index contributed by atoms with van der Waals surface area (Å²) in [4.78, 5) is 5.72. The van der Waals surface area contributed by atoms with E-state index in [9.17, 15) is 0 Å². The second kappa shape index (κ2) is 5.14. The fourth-order valence-corrected chi connectivity index (χ4v) is 2.05. The molecule has 1 N–H and O–H groups in total. The Bertz CT molecular complexity index is 278. The van der Waals surface area contributed by atoms with Crippen LogP contribution in [-0.4, -0.2) is 11.5 Å². The zero-order valence-corrected chi connectivity index (χ0v) is 9.08. The van der Waals surface area contributed by atoms with Crippen molar-refractivity contribution in [2.45, 2.75) is 26.8 Å². The lowest BCUT2D eigenvalue weighted by Crippen LogP contribution is -2.13. The number of thiazole rings is 1. The Kier molecular flexibility index (Phi) is 4.12. The van der Waals surface area contributed by atoms with Crippen molar-refractivity contribution in [2.75, 3.05) is 6.54 Å². The van der Waals surface area contributed by atoms with E-state index in [-0.39, 0.29) is 0 Å². The quantitative estimate of drug-likeness (QED) is 0.578. The van der Waals surface area contributed by atoms with Gasteiger partial charge in [0.1, 0.15) is 0 Å². The monoisotopic (exact) mass is 196 g/mol. The number of aryl methyl sites for hydroxylation is 2. The lowest BCUT2D eigenvalue weighted by Gasteiger charge is -2.00.